The smallest absolute Gasteiger partial charge is 0.0207 e. The summed E-state index contributed by atoms with van der Waals surface area (Å²) in [5.74, 6) is 0.748. The van der Waals surface area contributed by atoms with Crippen molar-refractivity contribution in [3.8, 4) is 0 Å². The number of hydrogen-bond acceptors (Lipinski definition) is 0. The molecule has 1 aromatic rings. The Labute approximate surface area is 97.0 Å². The molecule has 0 aliphatic rings. The molecule has 72 valence electrons. The van der Waals surface area contributed by atoms with E-state index >= 15 is 0 Å². The molecule has 0 aliphatic heterocycles. The van der Waals surface area contributed by atoms with E-state index in [9.17, 15) is 0 Å². The summed E-state index contributed by atoms with van der Waals surface area (Å²) in [5.41, 5.74) is 1.41. The summed E-state index contributed by atoms with van der Waals surface area (Å²) < 4.78 is 1.23. The molecule has 0 heterocycles. The third kappa shape index (κ3) is 3.82. The predicted octanol–water partition coefficient (Wildman–Crippen LogP) is 4.41. The van der Waals surface area contributed by atoms with E-state index < -0.39 is 0 Å². The van der Waals surface area contributed by atoms with Crippen molar-refractivity contribution in [2.75, 3.05) is 5.33 Å². The number of hydrogen-bond donors (Lipinski definition) is 0. The van der Waals surface area contributed by atoms with Crippen LogP contribution in [0.25, 0.3) is 0 Å². The highest BCUT2D eigenvalue weighted by molar-refractivity contribution is 9.10. The molecule has 1 unspecified atom stereocenters. The molecule has 0 N–H and O–H groups in total. The first-order valence-corrected chi connectivity index (χ1v) is 6.45. The van der Waals surface area contributed by atoms with Gasteiger partial charge in [-0.05, 0) is 30.4 Å². The van der Waals surface area contributed by atoms with Gasteiger partial charge in [-0.3, -0.25) is 0 Å². The summed E-state index contributed by atoms with van der Waals surface area (Å²) in [6, 6.07) is 8.45. The van der Waals surface area contributed by atoms with Crippen molar-refractivity contribution in [3.63, 3.8) is 0 Å². The first kappa shape index (κ1) is 11.3. The Balaban J connectivity index is 2.58. The Morgan fingerprint density at radius 1 is 1.31 bits per heavy atom. The van der Waals surface area contributed by atoms with Crippen molar-refractivity contribution >= 4 is 31.9 Å². The zero-order valence-electron chi connectivity index (χ0n) is 7.76. The maximum Gasteiger partial charge on any atom is 0.0207 e. The highest BCUT2D eigenvalue weighted by Crippen LogP contribution is 2.20. The van der Waals surface area contributed by atoms with Crippen LogP contribution in [-0.4, -0.2) is 5.33 Å². The molecule has 0 fully saturated rings. The molecule has 0 amide bonds. The van der Waals surface area contributed by atoms with Gasteiger partial charge in [0.1, 0.15) is 0 Å². The minimum absolute atomic E-state index is 0.748. The van der Waals surface area contributed by atoms with Crippen LogP contribution in [-0.2, 0) is 6.42 Å². The summed E-state index contributed by atoms with van der Waals surface area (Å²) in [6.45, 7) is 2.29. The molecular formula is C11H14Br2. The first-order valence-electron chi connectivity index (χ1n) is 4.53. The normalized spacial score (nSPS) is 12.8. The van der Waals surface area contributed by atoms with Gasteiger partial charge in [0.05, 0.1) is 0 Å². The number of benzene rings is 1. The second-order valence-corrected chi connectivity index (χ2v) is 5.03. The molecule has 0 radical (unpaired) electrons. The second-order valence-electron chi connectivity index (χ2n) is 3.38. The topological polar surface area (TPSA) is 0 Å². The third-order valence-electron chi connectivity index (χ3n) is 2.13. The van der Waals surface area contributed by atoms with E-state index in [-0.39, 0.29) is 0 Å². The van der Waals surface area contributed by atoms with Crippen LogP contribution in [0.15, 0.2) is 28.7 Å². The fourth-order valence-corrected chi connectivity index (χ4v) is 2.56. The summed E-state index contributed by atoms with van der Waals surface area (Å²) >= 11 is 7.03. The fraction of sp³-hybridized carbons (Fsp3) is 0.455. The van der Waals surface area contributed by atoms with Gasteiger partial charge in [-0.2, -0.15) is 0 Å². The van der Waals surface area contributed by atoms with Crippen molar-refractivity contribution in [3.05, 3.63) is 34.3 Å². The van der Waals surface area contributed by atoms with Gasteiger partial charge in [-0.1, -0.05) is 57.0 Å². The standard InChI is InChI=1S/C11H14Br2/c1-9(6-7-12)8-10-4-2-3-5-11(10)13/h2-5,9H,6-8H2,1H3. The molecule has 0 saturated carbocycles. The van der Waals surface area contributed by atoms with Gasteiger partial charge in [-0.15, -0.1) is 0 Å². The quantitative estimate of drug-likeness (QED) is 0.723. The van der Waals surface area contributed by atoms with Crippen LogP contribution >= 0.6 is 31.9 Å². The zero-order valence-corrected chi connectivity index (χ0v) is 10.9. The van der Waals surface area contributed by atoms with Crippen LogP contribution in [0.5, 0.6) is 0 Å². The van der Waals surface area contributed by atoms with Crippen molar-refractivity contribution < 1.29 is 0 Å². The average Bonchev–Trinajstić information content (AvgIpc) is 2.09. The van der Waals surface area contributed by atoms with Gasteiger partial charge in [0.2, 0.25) is 0 Å². The van der Waals surface area contributed by atoms with E-state index in [0.29, 0.717) is 0 Å². The summed E-state index contributed by atoms with van der Waals surface area (Å²) in [6.07, 6.45) is 2.40. The van der Waals surface area contributed by atoms with Gasteiger partial charge in [0.25, 0.3) is 0 Å². The van der Waals surface area contributed by atoms with Crippen LogP contribution < -0.4 is 0 Å². The van der Waals surface area contributed by atoms with E-state index in [0.717, 1.165) is 17.7 Å². The molecule has 0 spiro atoms. The Morgan fingerprint density at radius 2 is 2.00 bits per heavy atom. The van der Waals surface area contributed by atoms with Crippen molar-refractivity contribution in [2.24, 2.45) is 5.92 Å². The summed E-state index contributed by atoms with van der Waals surface area (Å²) in [5, 5.41) is 1.10. The largest absolute Gasteiger partial charge is 0.0928 e. The van der Waals surface area contributed by atoms with E-state index in [1.165, 1.54) is 16.5 Å². The van der Waals surface area contributed by atoms with Gasteiger partial charge >= 0.3 is 0 Å². The van der Waals surface area contributed by atoms with Crippen LogP contribution in [0.4, 0.5) is 0 Å². The molecule has 1 rings (SSSR count). The highest BCUT2D eigenvalue weighted by Gasteiger charge is 2.04. The molecule has 0 aromatic heterocycles. The van der Waals surface area contributed by atoms with Gasteiger partial charge in [-0.25, -0.2) is 0 Å². The molecular weight excluding hydrogens is 292 g/mol. The molecule has 13 heavy (non-hydrogen) atoms. The Bertz CT molecular complexity index is 258. The third-order valence-corrected chi connectivity index (χ3v) is 3.36. The summed E-state index contributed by atoms with van der Waals surface area (Å²) in [4.78, 5) is 0. The highest BCUT2D eigenvalue weighted by atomic mass is 79.9. The van der Waals surface area contributed by atoms with Crippen molar-refractivity contribution in [2.45, 2.75) is 19.8 Å². The Hall–Kier alpha value is 0.180. The molecule has 0 bridgehead atoms. The maximum absolute atomic E-state index is 3.56. The van der Waals surface area contributed by atoms with Crippen LogP contribution in [0, 0.1) is 5.92 Å². The van der Waals surface area contributed by atoms with E-state index in [4.69, 9.17) is 0 Å². The molecule has 1 atom stereocenters. The van der Waals surface area contributed by atoms with Crippen LogP contribution in [0.1, 0.15) is 18.9 Å². The summed E-state index contributed by atoms with van der Waals surface area (Å²) in [7, 11) is 0. The average molecular weight is 306 g/mol. The van der Waals surface area contributed by atoms with Crippen LogP contribution in [0.2, 0.25) is 0 Å². The Kier molecular flexibility index (Phi) is 5.04. The van der Waals surface area contributed by atoms with Gasteiger partial charge in [0, 0.05) is 9.80 Å². The number of halogens is 2. The first-order chi connectivity index (χ1) is 6.24. The van der Waals surface area contributed by atoms with Crippen LogP contribution in [0.3, 0.4) is 0 Å². The fourth-order valence-electron chi connectivity index (χ4n) is 1.33. The predicted molar refractivity (Wildman–Crippen MR) is 65.4 cm³/mol. The molecule has 0 nitrogen and oxygen atoms in total. The minimum Gasteiger partial charge on any atom is -0.0928 e. The SMILES string of the molecule is CC(CCBr)Cc1ccccc1Br. The zero-order chi connectivity index (χ0) is 9.68. The molecule has 2 heteroatoms. The molecule has 0 saturated heterocycles. The minimum atomic E-state index is 0.748. The second kappa shape index (κ2) is 5.82. The van der Waals surface area contributed by atoms with Gasteiger partial charge < -0.3 is 0 Å². The lowest BCUT2D eigenvalue weighted by molar-refractivity contribution is 0.565. The van der Waals surface area contributed by atoms with E-state index in [1.807, 2.05) is 0 Å². The number of alkyl halides is 1. The molecule has 0 aliphatic carbocycles. The number of rotatable bonds is 4. The van der Waals surface area contributed by atoms with E-state index in [2.05, 4.69) is 63.0 Å². The maximum atomic E-state index is 3.56. The lowest BCUT2D eigenvalue weighted by Gasteiger charge is -2.10. The lowest BCUT2D eigenvalue weighted by atomic mass is 9.99. The van der Waals surface area contributed by atoms with Crippen molar-refractivity contribution in [1.29, 1.82) is 0 Å². The lowest BCUT2D eigenvalue weighted by Crippen LogP contribution is -2.00. The Morgan fingerprint density at radius 3 is 2.62 bits per heavy atom. The molecule has 1 aromatic carbocycles. The van der Waals surface area contributed by atoms with Gasteiger partial charge in [0.15, 0.2) is 0 Å². The monoisotopic (exact) mass is 304 g/mol. The van der Waals surface area contributed by atoms with E-state index in [1.54, 1.807) is 0 Å². The van der Waals surface area contributed by atoms with Crippen molar-refractivity contribution in [1.82, 2.24) is 0 Å².